The largest absolute Gasteiger partial charge is 0.463 e. The van der Waals surface area contributed by atoms with Crippen molar-refractivity contribution < 1.29 is 14.3 Å². The van der Waals surface area contributed by atoms with E-state index in [1.54, 1.807) is 6.92 Å². The lowest BCUT2D eigenvalue weighted by Crippen LogP contribution is -2.44. The molecule has 2 aromatic rings. The van der Waals surface area contributed by atoms with Crippen LogP contribution in [0.2, 0.25) is 0 Å². The van der Waals surface area contributed by atoms with Crippen LogP contribution in [0.5, 0.6) is 0 Å². The minimum Gasteiger partial charge on any atom is -0.463 e. The van der Waals surface area contributed by atoms with Crippen LogP contribution in [-0.4, -0.2) is 31.3 Å². The summed E-state index contributed by atoms with van der Waals surface area (Å²) in [6.45, 7) is 9.40. The summed E-state index contributed by atoms with van der Waals surface area (Å²) in [4.78, 5) is 13.1. The van der Waals surface area contributed by atoms with Crippen LogP contribution < -0.4 is 5.32 Å². The van der Waals surface area contributed by atoms with Crippen molar-refractivity contribution in [3.8, 4) is 0 Å². The Labute approximate surface area is 156 Å². The topological polar surface area (TPSA) is 47.6 Å². The molecular weight excluding hydrogens is 326 g/mol. The third-order valence-electron chi connectivity index (χ3n) is 4.00. The first-order chi connectivity index (χ1) is 12.4. The molecule has 0 bridgehead atoms. The molecule has 0 atom stereocenters. The van der Waals surface area contributed by atoms with Crippen LogP contribution in [0, 0.1) is 0 Å². The van der Waals surface area contributed by atoms with Crippen LogP contribution in [0.15, 0.2) is 60.7 Å². The van der Waals surface area contributed by atoms with Gasteiger partial charge in [-0.25, -0.2) is 4.79 Å². The van der Waals surface area contributed by atoms with Gasteiger partial charge in [-0.05, 0) is 38.8 Å². The van der Waals surface area contributed by atoms with E-state index in [0.29, 0.717) is 19.8 Å². The van der Waals surface area contributed by atoms with E-state index in [1.807, 2.05) is 60.7 Å². The molecule has 140 valence electrons. The SMILES string of the molecule is CCOC(=O)C(OCCNC(C)(C)C)(c1ccccc1)c1ccccc1. The van der Waals surface area contributed by atoms with E-state index >= 15 is 0 Å². The van der Waals surface area contributed by atoms with Crippen molar-refractivity contribution in [2.75, 3.05) is 19.8 Å². The minimum atomic E-state index is -1.28. The van der Waals surface area contributed by atoms with Crippen molar-refractivity contribution in [3.05, 3.63) is 71.8 Å². The van der Waals surface area contributed by atoms with E-state index in [0.717, 1.165) is 11.1 Å². The molecule has 0 fully saturated rings. The van der Waals surface area contributed by atoms with Crippen LogP contribution in [0.25, 0.3) is 0 Å². The quantitative estimate of drug-likeness (QED) is 0.576. The van der Waals surface area contributed by atoms with E-state index in [9.17, 15) is 4.79 Å². The lowest BCUT2D eigenvalue weighted by Gasteiger charge is -2.33. The van der Waals surface area contributed by atoms with Gasteiger partial charge < -0.3 is 14.8 Å². The van der Waals surface area contributed by atoms with E-state index in [1.165, 1.54) is 0 Å². The van der Waals surface area contributed by atoms with Crippen LogP contribution in [0.3, 0.4) is 0 Å². The standard InChI is InChI=1S/C22H29NO3/c1-5-25-20(24)22(18-12-8-6-9-13-18,19-14-10-7-11-15-19)26-17-16-23-21(2,3)4/h6-15,23H,5,16-17H2,1-4H3. The smallest absolute Gasteiger partial charge is 0.347 e. The maximum Gasteiger partial charge on any atom is 0.347 e. The Bertz CT molecular complexity index is 638. The number of carbonyl (C=O) groups is 1. The Morgan fingerprint density at radius 1 is 0.923 bits per heavy atom. The monoisotopic (exact) mass is 355 g/mol. The van der Waals surface area contributed by atoms with Crippen molar-refractivity contribution in [1.82, 2.24) is 5.32 Å². The van der Waals surface area contributed by atoms with Gasteiger partial charge in [-0.1, -0.05) is 60.7 Å². The maximum atomic E-state index is 13.1. The zero-order valence-corrected chi connectivity index (χ0v) is 16.1. The van der Waals surface area contributed by atoms with Crippen LogP contribution in [0.1, 0.15) is 38.8 Å². The van der Waals surface area contributed by atoms with Crippen LogP contribution >= 0.6 is 0 Å². The first-order valence-electron chi connectivity index (χ1n) is 9.07. The summed E-state index contributed by atoms with van der Waals surface area (Å²) >= 11 is 0. The van der Waals surface area contributed by atoms with Crippen LogP contribution in [0.4, 0.5) is 0 Å². The van der Waals surface area contributed by atoms with Gasteiger partial charge in [0.05, 0.1) is 13.2 Å². The summed E-state index contributed by atoms with van der Waals surface area (Å²) < 4.78 is 11.7. The van der Waals surface area contributed by atoms with Gasteiger partial charge in [0.25, 0.3) is 0 Å². The molecule has 0 aliphatic heterocycles. The number of esters is 1. The molecule has 0 aliphatic carbocycles. The number of benzene rings is 2. The Hall–Kier alpha value is -2.17. The predicted molar refractivity (Wildman–Crippen MR) is 104 cm³/mol. The molecule has 26 heavy (non-hydrogen) atoms. The molecule has 0 aliphatic rings. The van der Waals surface area contributed by atoms with E-state index < -0.39 is 11.6 Å². The molecule has 1 N–H and O–H groups in total. The Morgan fingerprint density at radius 2 is 1.42 bits per heavy atom. The average molecular weight is 355 g/mol. The first-order valence-corrected chi connectivity index (χ1v) is 9.07. The van der Waals surface area contributed by atoms with Crippen molar-refractivity contribution in [1.29, 1.82) is 0 Å². The first kappa shape index (κ1) is 20.1. The molecule has 2 rings (SSSR count). The molecule has 0 amide bonds. The van der Waals surface area contributed by atoms with Crippen molar-refractivity contribution in [3.63, 3.8) is 0 Å². The molecule has 0 saturated heterocycles. The molecule has 0 saturated carbocycles. The zero-order chi connectivity index (χ0) is 19.0. The summed E-state index contributed by atoms with van der Waals surface area (Å²) in [7, 11) is 0. The fourth-order valence-electron chi connectivity index (χ4n) is 2.84. The highest BCUT2D eigenvalue weighted by Crippen LogP contribution is 2.35. The second-order valence-corrected chi connectivity index (χ2v) is 7.16. The van der Waals surface area contributed by atoms with Crippen molar-refractivity contribution in [2.24, 2.45) is 0 Å². The number of nitrogens with one attached hydrogen (secondary N) is 1. The third-order valence-corrected chi connectivity index (χ3v) is 4.00. The Kier molecular flexibility index (Phi) is 6.95. The fraction of sp³-hybridized carbons (Fsp3) is 0.409. The normalized spacial score (nSPS) is 12.0. The average Bonchev–Trinajstić information content (AvgIpc) is 2.63. The molecule has 2 aromatic carbocycles. The van der Waals surface area contributed by atoms with Crippen molar-refractivity contribution in [2.45, 2.75) is 38.8 Å². The van der Waals surface area contributed by atoms with Gasteiger partial charge in [-0.15, -0.1) is 0 Å². The summed E-state index contributed by atoms with van der Waals surface area (Å²) in [6.07, 6.45) is 0. The van der Waals surface area contributed by atoms with Gasteiger partial charge in [-0.3, -0.25) is 0 Å². The van der Waals surface area contributed by atoms with Crippen molar-refractivity contribution >= 4 is 5.97 Å². The second kappa shape index (κ2) is 8.97. The third kappa shape index (κ3) is 4.93. The minimum absolute atomic E-state index is 0.0184. The summed E-state index contributed by atoms with van der Waals surface area (Å²) in [5, 5.41) is 3.39. The number of ether oxygens (including phenoxy) is 2. The van der Waals surface area contributed by atoms with Crippen LogP contribution in [-0.2, 0) is 19.9 Å². The number of hydrogen-bond acceptors (Lipinski definition) is 4. The summed E-state index contributed by atoms with van der Waals surface area (Å²) in [5.74, 6) is -0.395. The van der Waals surface area contributed by atoms with Gasteiger partial charge in [0, 0.05) is 12.1 Å². The van der Waals surface area contributed by atoms with E-state index in [2.05, 4.69) is 26.1 Å². The van der Waals surface area contributed by atoms with E-state index in [4.69, 9.17) is 9.47 Å². The Morgan fingerprint density at radius 3 is 1.85 bits per heavy atom. The van der Waals surface area contributed by atoms with Gasteiger partial charge in [0.2, 0.25) is 5.60 Å². The predicted octanol–water partition coefficient (Wildman–Crippen LogP) is 3.90. The zero-order valence-electron chi connectivity index (χ0n) is 16.1. The maximum absolute atomic E-state index is 13.1. The Balaban J connectivity index is 2.42. The van der Waals surface area contributed by atoms with Gasteiger partial charge in [-0.2, -0.15) is 0 Å². The molecule has 0 heterocycles. The number of hydrogen-bond donors (Lipinski definition) is 1. The van der Waals surface area contributed by atoms with Gasteiger partial charge >= 0.3 is 5.97 Å². The summed E-state index contributed by atoms with van der Waals surface area (Å²) in [5.41, 5.74) is 0.230. The molecule has 4 heteroatoms. The fourth-order valence-corrected chi connectivity index (χ4v) is 2.84. The number of carbonyl (C=O) groups excluding carboxylic acids is 1. The molecule has 0 radical (unpaired) electrons. The molecule has 4 nitrogen and oxygen atoms in total. The highest BCUT2D eigenvalue weighted by atomic mass is 16.6. The molecular formula is C22H29NO3. The lowest BCUT2D eigenvalue weighted by atomic mass is 9.86. The molecule has 0 spiro atoms. The molecule has 0 aromatic heterocycles. The number of rotatable bonds is 8. The van der Waals surface area contributed by atoms with Gasteiger partial charge in [0.1, 0.15) is 0 Å². The highest BCUT2D eigenvalue weighted by Gasteiger charge is 2.44. The highest BCUT2D eigenvalue weighted by molar-refractivity contribution is 5.85. The lowest BCUT2D eigenvalue weighted by molar-refractivity contribution is -0.168. The van der Waals surface area contributed by atoms with Gasteiger partial charge in [0.15, 0.2) is 0 Å². The van der Waals surface area contributed by atoms with E-state index in [-0.39, 0.29) is 5.54 Å². The molecule has 0 unspecified atom stereocenters. The second-order valence-electron chi connectivity index (χ2n) is 7.16. The summed E-state index contributed by atoms with van der Waals surface area (Å²) in [6, 6.07) is 19.1.